The van der Waals surface area contributed by atoms with E-state index in [4.69, 9.17) is 5.73 Å². The van der Waals surface area contributed by atoms with Crippen molar-refractivity contribution in [1.82, 2.24) is 0 Å². The average Bonchev–Trinajstić information content (AvgIpc) is 2.69. The second-order valence-electron chi connectivity index (χ2n) is 6.71. The number of rotatable bonds is 6. The fraction of sp³-hybridized carbons (Fsp3) is 0.130. The summed E-state index contributed by atoms with van der Waals surface area (Å²) in [7, 11) is 0. The number of halogens is 2. The summed E-state index contributed by atoms with van der Waals surface area (Å²) in [6, 6.07) is 17.2. The molecule has 3 rings (SSSR count). The van der Waals surface area contributed by atoms with Crippen LogP contribution < -0.4 is 10.6 Å². The van der Waals surface area contributed by atoms with E-state index < -0.39 is 23.4 Å². The van der Waals surface area contributed by atoms with E-state index in [0.717, 1.165) is 11.1 Å². The van der Waals surface area contributed by atoms with E-state index in [1.165, 1.54) is 41.3 Å². The lowest BCUT2D eigenvalue weighted by Gasteiger charge is -2.23. The van der Waals surface area contributed by atoms with Gasteiger partial charge in [0.2, 0.25) is 5.91 Å². The molecular formula is C23H20F2N2O2. The van der Waals surface area contributed by atoms with Gasteiger partial charge in [-0.1, -0.05) is 35.9 Å². The minimum atomic E-state index is -0.681. The van der Waals surface area contributed by atoms with E-state index in [0.29, 0.717) is 11.3 Å². The van der Waals surface area contributed by atoms with Crippen LogP contribution in [0.3, 0.4) is 0 Å². The Morgan fingerprint density at radius 3 is 2.10 bits per heavy atom. The van der Waals surface area contributed by atoms with E-state index >= 15 is 0 Å². The number of aryl methyl sites for hydroxylation is 1. The number of anilines is 1. The summed E-state index contributed by atoms with van der Waals surface area (Å²) in [6.07, 6.45) is -0.105. The topological polar surface area (TPSA) is 63.4 Å². The van der Waals surface area contributed by atoms with Gasteiger partial charge in [-0.2, -0.15) is 0 Å². The maximum absolute atomic E-state index is 14.8. The maximum atomic E-state index is 14.8. The minimum Gasteiger partial charge on any atom is -0.370 e. The quantitative estimate of drug-likeness (QED) is 0.671. The van der Waals surface area contributed by atoms with Gasteiger partial charge >= 0.3 is 0 Å². The molecule has 0 aliphatic rings. The van der Waals surface area contributed by atoms with Gasteiger partial charge in [0.15, 0.2) is 0 Å². The van der Waals surface area contributed by atoms with Crippen molar-refractivity contribution in [3.63, 3.8) is 0 Å². The molecule has 29 heavy (non-hydrogen) atoms. The zero-order valence-electron chi connectivity index (χ0n) is 15.9. The van der Waals surface area contributed by atoms with Crippen molar-refractivity contribution in [3.8, 4) is 11.1 Å². The molecule has 0 saturated heterocycles. The molecule has 2 amide bonds. The molecule has 148 valence electrons. The van der Waals surface area contributed by atoms with Crippen molar-refractivity contribution < 1.29 is 18.4 Å². The number of carbonyl (C=O) groups is 2. The number of benzene rings is 3. The maximum Gasteiger partial charge on any atom is 0.261 e. The lowest BCUT2D eigenvalue weighted by atomic mass is 10.0. The van der Waals surface area contributed by atoms with Crippen molar-refractivity contribution in [3.05, 3.63) is 89.5 Å². The molecule has 0 aromatic heterocycles. The van der Waals surface area contributed by atoms with Gasteiger partial charge in [0, 0.05) is 18.7 Å². The van der Waals surface area contributed by atoms with Gasteiger partial charge in [-0.25, -0.2) is 8.78 Å². The van der Waals surface area contributed by atoms with Crippen molar-refractivity contribution in [2.75, 3.05) is 11.4 Å². The highest BCUT2D eigenvalue weighted by molar-refractivity contribution is 6.06. The van der Waals surface area contributed by atoms with Crippen LogP contribution in [-0.4, -0.2) is 18.4 Å². The van der Waals surface area contributed by atoms with Gasteiger partial charge in [0.25, 0.3) is 5.91 Å². The minimum absolute atomic E-state index is 0.0427. The van der Waals surface area contributed by atoms with Crippen LogP contribution in [0, 0.1) is 18.6 Å². The fourth-order valence-corrected chi connectivity index (χ4v) is 2.95. The van der Waals surface area contributed by atoms with Crippen LogP contribution in [-0.2, 0) is 4.79 Å². The monoisotopic (exact) mass is 394 g/mol. The fourth-order valence-electron chi connectivity index (χ4n) is 2.95. The summed E-state index contributed by atoms with van der Waals surface area (Å²) < 4.78 is 28.1. The van der Waals surface area contributed by atoms with Gasteiger partial charge in [-0.05, 0) is 54.4 Å². The SMILES string of the molecule is Cc1ccc(-c2ccc(C(=O)N(CCC(N)=O)c3ccc(F)cc3)c(F)c2)cc1. The Bertz CT molecular complexity index is 1030. The van der Waals surface area contributed by atoms with Crippen molar-refractivity contribution in [2.24, 2.45) is 5.73 Å². The lowest BCUT2D eigenvalue weighted by molar-refractivity contribution is -0.117. The Morgan fingerprint density at radius 2 is 1.52 bits per heavy atom. The zero-order chi connectivity index (χ0) is 21.0. The number of amides is 2. The first-order valence-corrected chi connectivity index (χ1v) is 9.07. The van der Waals surface area contributed by atoms with Gasteiger partial charge in [-0.15, -0.1) is 0 Å². The van der Waals surface area contributed by atoms with Crippen LogP contribution in [0.4, 0.5) is 14.5 Å². The molecule has 0 radical (unpaired) electrons. The molecule has 0 saturated carbocycles. The molecular weight excluding hydrogens is 374 g/mol. The number of carbonyl (C=O) groups excluding carboxylic acids is 2. The molecule has 0 aliphatic heterocycles. The number of nitrogens with two attached hydrogens (primary N) is 1. The second kappa shape index (κ2) is 8.65. The first-order valence-electron chi connectivity index (χ1n) is 9.07. The normalized spacial score (nSPS) is 10.6. The molecule has 0 bridgehead atoms. The molecule has 0 fully saturated rings. The van der Waals surface area contributed by atoms with Crippen LogP contribution in [0.15, 0.2) is 66.7 Å². The van der Waals surface area contributed by atoms with Crippen molar-refractivity contribution in [2.45, 2.75) is 13.3 Å². The van der Waals surface area contributed by atoms with E-state index in [9.17, 15) is 18.4 Å². The van der Waals surface area contributed by atoms with Crippen LogP contribution >= 0.6 is 0 Å². The molecule has 2 N–H and O–H groups in total. The van der Waals surface area contributed by atoms with E-state index in [1.807, 2.05) is 31.2 Å². The van der Waals surface area contributed by atoms with Crippen LogP contribution in [0.25, 0.3) is 11.1 Å². The van der Waals surface area contributed by atoms with E-state index in [1.54, 1.807) is 6.07 Å². The Hall–Kier alpha value is -3.54. The first kappa shape index (κ1) is 20.2. The highest BCUT2D eigenvalue weighted by atomic mass is 19.1. The van der Waals surface area contributed by atoms with Crippen molar-refractivity contribution >= 4 is 17.5 Å². The summed E-state index contributed by atoms with van der Waals surface area (Å²) in [5, 5.41) is 0. The lowest BCUT2D eigenvalue weighted by Crippen LogP contribution is -2.34. The average molecular weight is 394 g/mol. The molecule has 0 heterocycles. The third kappa shape index (κ3) is 4.85. The molecule has 0 spiro atoms. The molecule has 0 aliphatic carbocycles. The van der Waals surface area contributed by atoms with E-state index in [2.05, 4.69) is 0 Å². The molecule has 4 nitrogen and oxygen atoms in total. The first-order chi connectivity index (χ1) is 13.8. The van der Waals surface area contributed by atoms with Gasteiger partial charge in [0.05, 0.1) is 5.56 Å². The summed E-state index contributed by atoms with van der Waals surface area (Å²) >= 11 is 0. The predicted octanol–water partition coefficient (Wildman–Crippen LogP) is 4.46. The number of nitrogens with zero attached hydrogens (tertiary/aromatic N) is 1. The summed E-state index contributed by atoms with van der Waals surface area (Å²) in [5.74, 6) is -2.38. The zero-order valence-corrected chi connectivity index (χ0v) is 15.9. The third-order valence-electron chi connectivity index (χ3n) is 4.55. The van der Waals surface area contributed by atoms with Crippen LogP contribution in [0.5, 0.6) is 0 Å². The molecule has 3 aromatic carbocycles. The Morgan fingerprint density at radius 1 is 0.897 bits per heavy atom. The van der Waals surface area contributed by atoms with Gasteiger partial charge < -0.3 is 10.6 Å². The molecule has 0 unspecified atom stereocenters. The highest BCUT2D eigenvalue weighted by Gasteiger charge is 2.22. The number of primary amides is 1. The number of hydrogen-bond donors (Lipinski definition) is 1. The van der Waals surface area contributed by atoms with Crippen LogP contribution in [0.2, 0.25) is 0 Å². The summed E-state index contributed by atoms with van der Waals surface area (Å²) in [6.45, 7) is 1.92. The Kier molecular flexibility index (Phi) is 6.02. The predicted molar refractivity (Wildman–Crippen MR) is 108 cm³/mol. The number of hydrogen-bond acceptors (Lipinski definition) is 2. The summed E-state index contributed by atoms with van der Waals surface area (Å²) in [5.41, 5.74) is 7.96. The summed E-state index contributed by atoms with van der Waals surface area (Å²) in [4.78, 5) is 25.4. The molecule has 0 atom stereocenters. The second-order valence-corrected chi connectivity index (χ2v) is 6.71. The van der Waals surface area contributed by atoms with Gasteiger partial charge in [-0.3, -0.25) is 9.59 Å². The standard InChI is InChI=1S/C23H20F2N2O2/c1-15-2-4-16(5-3-15)17-6-11-20(21(25)14-17)23(29)27(13-12-22(26)28)19-9-7-18(24)8-10-19/h2-11,14H,12-13H2,1H3,(H2,26,28). The van der Waals surface area contributed by atoms with E-state index in [-0.39, 0.29) is 18.5 Å². The Labute approximate surface area is 167 Å². The highest BCUT2D eigenvalue weighted by Crippen LogP contribution is 2.25. The van der Waals surface area contributed by atoms with Crippen LogP contribution in [0.1, 0.15) is 22.3 Å². The third-order valence-corrected chi connectivity index (χ3v) is 4.55. The smallest absolute Gasteiger partial charge is 0.261 e. The van der Waals surface area contributed by atoms with Gasteiger partial charge in [0.1, 0.15) is 11.6 Å². The molecule has 3 aromatic rings. The molecule has 6 heteroatoms. The Balaban J connectivity index is 1.93. The van der Waals surface area contributed by atoms with Crippen molar-refractivity contribution in [1.29, 1.82) is 0 Å². The largest absolute Gasteiger partial charge is 0.370 e.